The molecule has 0 aromatic heterocycles. The maximum atomic E-state index is 12.2. The lowest BCUT2D eigenvalue weighted by atomic mass is 9.95. The van der Waals surface area contributed by atoms with Crippen LogP contribution in [0.25, 0.3) is 0 Å². The van der Waals surface area contributed by atoms with Crippen LogP contribution in [0.3, 0.4) is 0 Å². The number of hydrogen-bond donors (Lipinski definition) is 2. The summed E-state index contributed by atoms with van der Waals surface area (Å²) < 4.78 is 5.80. The molecule has 0 saturated carbocycles. The molecule has 0 heterocycles. The van der Waals surface area contributed by atoms with Crippen molar-refractivity contribution in [1.29, 1.82) is 0 Å². The van der Waals surface area contributed by atoms with Crippen molar-refractivity contribution in [2.45, 2.75) is 46.6 Å². The summed E-state index contributed by atoms with van der Waals surface area (Å²) in [6, 6.07) is 7.71. The molecule has 0 aliphatic carbocycles. The molecule has 2 N–H and O–H groups in total. The maximum Gasteiger partial charge on any atom is 0.260 e. The summed E-state index contributed by atoms with van der Waals surface area (Å²) >= 11 is 5.76. The highest BCUT2D eigenvalue weighted by molar-refractivity contribution is 6.19. The Balaban J connectivity index is 2.44. The number of nitrogens with one attached hydrogen (secondary N) is 2. The topological polar surface area (TPSA) is 67.4 Å². The monoisotopic (exact) mass is 368 g/mol. The Labute approximate surface area is 155 Å². The van der Waals surface area contributed by atoms with E-state index in [4.69, 9.17) is 16.3 Å². The first kappa shape index (κ1) is 21.3. The van der Waals surface area contributed by atoms with Gasteiger partial charge in [0.2, 0.25) is 5.91 Å². The highest BCUT2D eigenvalue weighted by atomic mass is 35.5. The molecule has 1 aromatic rings. The van der Waals surface area contributed by atoms with Crippen LogP contribution in [0, 0.1) is 5.41 Å². The van der Waals surface area contributed by atoms with E-state index in [0.29, 0.717) is 19.0 Å². The average molecular weight is 369 g/mol. The van der Waals surface area contributed by atoms with Crippen LogP contribution in [0.5, 0.6) is 5.75 Å². The summed E-state index contributed by atoms with van der Waals surface area (Å²) in [4.78, 5) is 24.0. The zero-order valence-electron chi connectivity index (χ0n) is 15.7. The molecule has 0 bridgehead atoms. The second-order valence-electron chi connectivity index (χ2n) is 7.02. The predicted molar refractivity (Wildman–Crippen MR) is 101 cm³/mol. The van der Waals surface area contributed by atoms with Crippen LogP contribution in [-0.4, -0.2) is 36.9 Å². The van der Waals surface area contributed by atoms with Crippen molar-refractivity contribution >= 4 is 23.4 Å². The quantitative estimate of drug-likeness (QED) is 0.520. The summed E-state index contributed by atoms with van der Waals surface area (Å²) in [7, 11) is 0. The van der Waals surface area contributed by atoms with Crippen molar-refractivity contribution < 1.29 is 14.3 Å². The van der Waals surface area contributed by atoms with Gasteiger partial charge in [-0.05, 0) is 38.3 Å². The van der Waals surface area contributed by atoms with E-state index >= 15 is 0 Å². The Morgan fingerprint density at radius 2 is 1.72 bits per heavy atom. The Hall–Kier alpha value is -1.75. The molecule has 25 heavy (non-hydrogen) atoms. The molecule has 140 valence electrons. The lowest BCUT2D eigenvalue weighted by Crippen LogP contribution is -2.44. The predicted octanol–water partition coefficient (Wildman–Crippen LogP) is 3.07. The van der Waals surface area contributed by atoms with E-state index in [1.807, 2.05) is 24.3 Å². The molecule has 1 aromatic carbocycles. The molecule has 0 radical (unpaired) electrons. The molecule has 0 aliphatic rings. The fourth-order valence-corrected chi connectivity index (χ4v) is 2.24. The van der Waals surface area contributed by atoms with E-state index in [-0.39, 0.29) is 17.7 Å². The molecule has 1 unspecified atom stereocenters. The second kappa shape index (κ2) is 9.66. The first-order valence-corrected chi connectivity index (χ1v) is 9.10. The fraction of sp³-hybridized carbons (Fsp3) is 0.579. The third kappa shape index (κ3) is 6.58. The van der Waals surface area contributed by atoms with Crippen LogP contribution in [0.1, 0.15) is 46.1 Å². The smallest absolute Gasteiger partial charge is 0.260 e. The molecule has 5 nitrogen and oxygen atoms in total. The largest absolute Gasteiger partial charge is 0.481 e. The number of amides is 2. The van der Waals surface area contributed by atoms with Crippen LogP contribution in [-0.2, 0) is 9.59 Å². The van der Waals surface area contributed by atoms with Gasteiger partial charge in [-0.25, -0.2) is 0 Å². The van der Waals surface area contributed by atoms with Gasteiger partial charge in [0.05, 0.1) is 5.41 Å². The van der Waals surface area contributed by atoms with Gasteiger partial charge in [0.15, 0.2) is 6.10 Å². The van der Waals surface area contributed by atoms with Crippen LogP contribution in [0.4, 0.5) is 0 Å². The molecule has 0 aliphatic heterocycles. The number of benzene rings is 1. The maximum absolute atomic E-state index is 12.2. The third-order valence-electron chi connectivity index (χ3n) is 3.87. The lowest BCUT2D eigenvalue weighted by Gasteiger charge is -2.21. The van der Waals surface area contributed by atoms with E-state index in [1.165, 1.54) is 0 Å². The van der Waals surface area contributed by atoms with Crippen LogP contribution in [0.15, 0.2) is 24.3 Å². The Morgan fingerprint density at radius 3 is 2.32 bits per heavy atom. The lowest BCUT2D eigenvalue weighted by molar-refractivity contribution is -0.129. The third-order valence-corrected chi connectivity index (χ3v) is 4.54. The molecule has 6 heteroatoms. The fourth-order valence-electron chi connectivity index (χ4n) is 2.11. The molecule has 0 spiro atoms. The molecule has 1 atom stereocenters. The number of para-hydroxylation sites is 1. The number of rotatable bonds is 9. The molecule has 1 rings (SSSR count). The second-order valence-corrected chi connectivity index (χ2v) is 7.28. The SMILES string of the molecule is CC(Oc1ccccc1C(C)C)C(=O)NCCNC(=O)C(C)(C)CCl. The number of alkyl halides is 1. The van der Waals surface area contributed by atoms with E-state index < -0.39 is 11.5 Å². The zero-order chi connectivity index (χ0) is 19.0. The van der Waals surface area contributed by atoms with Crippen molar-refractivity contribution in [3.8, 4) is 5.75 Å². The van der Waals surface area contributed by atoms with Crippen molar-refractivity contribution in [2.75, 3.05) is 19.0 Å². The van der Waals surface area contributed by atoms with Crippen LogP contribution < -0.4 is 15.4 Å². The van der Waals surface area contributed by atoms with Crippen LogP contribution in [0.2, 0.25) is 0 Å². The molecular formula is C19H29ClN2O3. The first-order valence-electron chi connectivity index (χ1n) is 8.56. The Kier molecular flexibility index (Phi) is 8.23. The minimum absolute atomic E-state index is 0.132. The van der Waals surface area contributed by atoms with E-state index in [9.17, 15) is 9.59 Å². The van der Waals surface area contributed by atoms with Gasteiger partial charge >= 0.3 is 0 Å². The van der Waals surface area contributed by atoms with Gasteiger partial charge in [-0.15, -0.1) is 11.6 Å². The van der Waals surface area contributed by atoms with Crippen molar-refractivity contribution in [3.63, 3.8) is 0 Å². The van der Waals surface area contributed by atoms with Gasteiger partial charge in [0, 0.05) is 19.0 Å². The normalized spacial score (nSPS) is 12.6. The summed E-state index contributed by atoms with van der Waals surface area (Å²) in [5.41, 5.74) is 0.445. The van der Waals surface area contributed by atoms with Crippen molar-refractivity contribution in [3.05, 3.63) is 29.8 Å². The van der Waals surface area contributed by atoms with E-state index in [2.05, 4.69) is 24.5 Å². The van der Waals surface area contributed by atoms with Crippen molar-refractivity contribution in [1.82, 2.24) is 10.6 Å². The number of carbonyl (C=O) groups excluding carboxylic acids is 2. The van der Waals surface area contributed by atoms with E-state index in [1.54, 1.807) is 20.8 Å². The Morgan fingerprint density at radius 1 is 1.12 bits per heavy atom. The summed E-state index contributed by atoms with van der Waals surface area (Å²) in [6.45, 7) is 10.1. The van der Waals surface area contributed by atoms with Gasteiger partial charge in [-0.3, -0.25) is 9.59 Å². The van der Waals surface area contributed by atoms with Gasteiger partial charge in [0.1, 0.15) is 5.75 Å². The van der Waals surface area contributed by atoms with Crippen molar-refractivity contribution in [2.24, 2.45) is 5.41 Å². The zero-order valence-corrected chi connectivity index (χ0v) is 16.4. The standard InChI is InChI=1S/C19H29ClN2O3/c1-13(2)15-8-6-7-9-16(15)25-14(3)17(23)21-10-11-22-18(24)19(4,5)12-20/h6-9,13-14H,10-12H2,1-5H3,(H,21,23)(H,22,24). The average Bonchev–Trinajstić information content (AvgIpc) is 2.58. The Bertz CT molecular complexity index is 588. The number of ether oxygens (including phenoxy) is 1. The van der Waals surface area contributed by atoms with Gasteiger partial charge in [-0.1, -0.05) is 32.0 Å². The summed E-state index contributed by atoms with van der Waals surface area (Å²) in [6.07, 6.45) is -0.616. The van der Waals surface area contributed by atoms with E-state index in [0.717, 1.165) is 11.3 Å². The minimum Gasteiger partial charge on any atom is -0.481 e. The van der Waals surface area contributed by atoms with Gasteiger partial charge < -0.3 is 15.4 Å². The highest BCUT2D eigenvalue weighted by Gasteiger charge is 2.26. The number of halogens is 1. The number of hydrogen-bond acceptors (Lipinski definition) is 3. The first-order chi connectivity index (χ1) is 11.7. The molecular weight excluding hydrogens is 340 g/mol. The van der Waals surface area contributed by atoms with Gasteiger partial charge in [0.25, 0.3) is 5.91 Å². The van der Waals surface area contributed by atoms with Crippen LogP contribution >= 0.6 is 11.6 Å². The minimum atomic E-state index is -0.622. The summed E-state index contributed by atoms with van der Waals surface area (Å²) in [5, 5.41) is 5.53. The number of carbonyl (C=O) groups is 2. The highest BCUT2D eigenvalue weighted by Crippen LogP contribution is 2.26. The summed E-state index contributed by atoms with van der Waals surface area (Å²) in [5.74, 6) is 0.923. The van der Waals surface area contributed by atoms with Gasteiger partial charge in [-0.2, -0.15) is 0 Å². The molecule has 2 amide bonds. The molecule has 0 fully saturated rings. The molecule has 0 saturated heterocycles.